The molecule has 3 heterocycles. The zero-order valence-electron chi connectivity index (χ0n) is 18.7. The Morgan fingerprint density at radius 2 is 1.88 bits per heavy atom. The Labute approximate surface area is 213 Å². The quantitative estimate of drug-likeness (QED) is 0.228. The first-order chi connectivity index (χ1) is 16.2. The van der Waals surface area contributed by atoms with Crippen LogP contribution in [0.25, 0.3) is 27.7 Å². The molecule has 2 aliphatic heterocycles. The smallest absolute Gasteiger partial charge is 0.668 e. The number of benzene rings is 3. The van der Waals surface area contributed by atoms with E-state index in [9.17, 15) is 4.39 Å². The number of pyridine rings is 1. The van der Waals surface area contributed by atoms with Gasteiger partial charge in [0.2, 0.25) is 0 Å². The summed E-state index contributed by atoms with van der Waals surface area (Å²) in [6.45, 7) is 3.11. The van der Waals surface area contributed by atoms with Crippen LogP contribution in [0.3, 0.4) is 0 Å². The molecule has 0 fully saturated rings. The molecule has 4 aromatic rings. The minimum atomic E-state index is -0.277. The van der Waals surface area contributed by atoms with Gasteiger partial charge < -0.3 is 15.2 Å². The molecule has 0 saturated carbocycles. The van der Waals surface area contributed by atoms with Crippen molar-refractivity contribution in [1.29, 1.82) is 0 Å². The Morgan fingerprint density at radius 1 is 1.03 bits per heavy atom. The summed E-state index contributed by atoms with van der Waals surface area (Å²) in [4.78, 5) is 6.69. The van der Waals surface area contributed by atoms with Crippen LogP contribution in [0.2, 0.25) is 0 Å². The van der Waals surface area contributed by atoms with Crippen molar-refractivity contribution in [2.24, 2.45) is 0 Å². The second-order valence-corrected chi connectivity index (χ2v) is 8.06. The molecule has 1 unspecified atom stereocenters. The largest absolute Gasteiger partial charge is 3.00 e. The van der Waals surface area contributed by atoms with Gasteiger partial charge in [-0.3, -0.25) is 0 Å². The summed E-state index contributed by atoms with van der Waals surface area (Å²) in [6, 6.07) is 29.0. The molecule has 3 aromatic carbocycles. The second kappa shape index (κ2) is 10.8. The number of hydrogen-bond donors (Lipinski definition) is 0. The molecule has 0 amide bonds. The maximum Gasteiger partial charge on any atom is 3.00 e. The van der Waals surface area contributed by atoms with Gasteiger partial charge in [-0.05, 0) is 47.7 Å². The van der Waals surface area contributed by atoms with Crippen LogP contribution in [0.1, 0.15) is 22.9 Å². The first-order valence-corrected chi connectivity index (χ1v) is 11.0. The van der Waals surface area contributed by atoms with E-state index in [2.05, 4.69) is 45.7 Å². The zero-order valence-corrected chi connectivity index (χ0v) is 21.1. The van der Waals surface area contributed by atoms with Crippen molar-refractivity contribution >= 4 is 0 Å². The number of aryl methyl sites for hydroxylation is 1. The van der Waals surface area contributed by atoms with Gasteiger partial charge in [0.05, 0.1) is 0 Å². The van der Waals surface area contributed by atoms with Crippen LogP contribution in [-0.2, 0) is 26.5 Å². The van der Waals surface area contributed by atoms with E-state index in [1.165, 1.54) is 23.3 Å². The summed E-state index contributed by atoms with van der Waals surface area (Å²) >= 11 is 0. The average molecular weight is 625 g/mol. The third-order valence-corrected chi connectivity index (χ3v) is 5.92. The maximum atomic E-state index is 13.4. The summed E-state index contributed by atoms with van der Waals surface area (Å²) < 4.78 is 13.4. The van der Waals surface area contributed by atoms with Crippen LogP contribution in [0.4, 0.5) is 4.39 Å². The van der Waals surface area contributed by atoms with E-state index in [1.54, 1.807) is 12.3 Å². The predicted octanol–water partition coefficient (Wildman–Crippen LogP) is 6.86. The van der Waals surface area contributed by atoms with Crippen LogP contribution in [0.15, 0.2) is 91.4 Å². The Balaban J connectivity index is 0.000000169. The minimum Gasteiger partial charge on any atom is -0.668 e. The molecule has 0 N–H and O–H groups in total. The first kappa shape index (κ1) is 23.9. The van der Waals surface area contributed by atoms with Crippen molar-refractivity contribution in [1.82, 2.24) is 9.88 Å². The summed E-state index contributed by atoms with van der Waals surface area (Å²) in [5, 5.41) is 4.41. The van der Waals surface area contributed by atoms with E-state index in [1.807, 2.05) is 55.6 Å². The molecular formula is C29H23FIrN3. The van der Waals surface area contributed by atoms with Crippen LogP contribution in [0.5, 0.6) is 0 Å². The Morgan fingerprint density at radius 3 is 2.71 bits per heavy atom. The third-order valence-electron chi connectivity index (χ3n) is 5.92. The molecule has 3 nitrogen and oxygen atoms in total. The topological polar surface area (TPSA) is 30.2 Å². The van der Waals surface area contributed by atoms with Crippen molar-refractivity contribution in [2.75, 3.05) is 6.54 Å². The Kier molecular flexibility index (Phi) is 7.56. The van der Waals surface area contributed by atoms with E-state index in [4.69, 9.17) is 0 Å². The Bertz CT molecular complexity index is 1290. The van der Waals surface area contributed by atoms with Crippen molar-refractivity contribution in [3.63, 3.8) is 0 Å². The second-order valence-electron chi connectivity index (χ2n) is 8.06. The van der Waals surface area contributed by atoms with E-state index in [0.717, 1.165) is 35.3 Å². The summed E-state index contributed by atoms with van der Waals surface area (Å²) in [5.41, 5.74) is 7.29. The van der Waals surface area contributed by atoms with E-state index < -0.39 is 0 Å². The molecule has 34 heavy (non-hydrogen) atoms. The molecule has 6 rings (SSSR count). The number of nitrogens with zero attached hydrogens (tertiary/aromatic N) is 3. The number of aromatic nitrogens is 1. The van der Waals surface area contributed by atoms with Crippen LogP contribution >= 0.6 is 0 Å². The molecule has 1 atom stereocenters. The first-order valence-electron chi connectivity index (χ1n) is 11.0. The molecule has 1 aromatic heterocycles. The van der Waals surface area contributed by atoms with Gasteiger partial charge in [-0.1, -0.05) is 36.8 Å². The van der Waals surface area contributed by atoms with Crippen LogP contribution < -0.4 is 0 Å². The SMILES string of the molecule is Cc1ccnc(-c2[c-]ccc(F)c2)c1-c1ccccc1.[Ir+3].[c-]1cccc2c1C1[N-]C=CN1CC2. The number of rotatable bonds is 2. The zero-order chi connectivity index (χ0) is 22.6. The molecule has 0 radical (unpaired) electrons. The predicted molar refractivity (Wildman–Crippen MR) is 130 cm³/mol. The van der Waals surface area contributed by atoms with E-state index in [0.29, 0.717) is 5.56 Å². The molecule has 0 bridgehead atoms. The van der Waals surface area contributed by atoms with Crippen molar-refractivity contribution in [3.05, 3.63) is 131 Å². The minimum absolute atomic E-state index is 0. The van der Waals surface area contributed by atoms with Crippen molar-refractivity contribution in [3.8, 4) is 22.4 Å². The van der Waals surface area contributed by atoms with Gasteiger partial charge in [0.25, 0.3) is 0 Å². The number of halogens is 1. The molecule has 5 heteroatoms. The summed E-state index contributed by atoms with van der Waals surface area (Å²) in [7, 11) is 0. The molecule has 0 spiro atoms. The molecule has 0 aliphatic carbocycles. The summed E-state index contributed by atoms with van der Waals surface area (Å²) in [5.74, 6) is -0.277. The van der Waals surface area contributed by atoms with Gasteiger partial charge in [0, 0.05) is 18.6 Å². The van der Waals surface area contributed by atoms with Gasteiger partial charge >= 0.3 is 20.1 Å². The number of fused-ring (bicyclic) bond motifs is 3. The van der Waals surface area contributed by atoms with Crippen molar-refractivity contribution in [2.45, 2.75) is 19.5 Å². The molecule has 0 saturated heterocycles. The van der Waals surface area contributed by atoms with Crippen molar-refractivity contribution < 1.29 is 24.5 Å². The van der Waals surface area contributed by atoms with Gasteiger partial charge in [0.1, 0.15) is 0 Å². The van der Waals surface area contributed by atoms with Crippen LogP contribution in [0, 0.1) is 24.9 Å². The van der Waals surface area contributed by atoms with Gasteiger partial charge in [0.15, 0.2) is 0 Å². The number of hydrogen-bond acceptors (Lipinski definition) is 2. The third kappa shape index (κ3) is 4.96. The maximum absolute atomic E-state index is 13.4. The molecule has 2 aliphatic rings. The standard InChI is InChI=1S/C18H13FN.C11H10N2.Ir/c1-13-10-11-20-18(15-8-5-9-16(19)12-15)17(13)14-6-3-2-4-7-14;1-2-4-10-9(3-1)5-7-13-8-6-12-11(10)13;/h2-7,9-12H,1H3;1-3,6,8,11H,5,7H2;/q-1;-2;+3. The monoisotopic (exact) mass is 625 g/mol. The van der Waals surface area contributed by atoms with Crippen LogP contribution in [-0.4, -0.2) is 16.4 Å². The Hall–Kier alpha value is -3.27. The fourth-order valence-electron chi connectivity index (χ4n) is 4.31. The molecule has 170 valence electrons. The van der Waals surface area contributed by atoms with E-state index >= 15 is 0 Å². The van der Waals surface area contributed by atoms with Gasteiger partial charge in [-0.2, -0.15) is 41.6 Å². The van der Waals surface area contributed by atoms with E-state index in [-0.39, 0.29) is 32.1 Å². The van der Waals surface area contributed by atoms with Gasteiger partial charge in [-0.15, -0.1) is 29.8 Å². The fourth-order valence-corrected chi connectivity index (χ4v) is 4.31. The normalized spacial score (nSPS) is 15.2. The molecular weight excluding hydrogens is 602 g/mol. The average Bonchev–Trinajstić information content (AvgIpc) is 3.34. The summed E-state index contributed by atoms with van der Waals surface area (Å²) in [6.07, 6.45) is 7.03. The van der Waals surface area contributed by atoms with Gasteiger partial charge in [-0.25, -0.2) is 4.39 Å². The fraction of sp³-hybridized carbons (Fsp3) is 0.138.